The highest BCUT2D eigenvalue weighted by atomic mass is 19.1. The first-order chi connectivity index (χ1) is 15.0. The van der Waals surface area contributed by atoms with Crippen LogP contribution in [0.4, 0.5) is 23.8 Å². The van der Waals surface area contributed by atoms with E-state index in [0.29, 0.717) is 11.5 Å². The van der Waals surface area contributed by atoms with E-state index < -0.39 is 17.7 Å². The Balaban J connectivity index is 1.20. The lowest BCUT2D eigenvalue weighted by atomic mass is 10.0. The van der Waals surface area contributed by atoms with Crippen molar-refractivity contribution < 1.29 is 27.4 Å². The number of carbonyl (C=O) groups is 1. The number of rotatable bonds is 4. The Hall–Kier alpha value is -3.75. The van der Waals surface area contributed by atoms with E-state index in [0.717, 1.165) is 12.1 Å². The zero-order valence-electron chi connectivity index (χ0n) is 15.9. The number of benzene rings is 2. The van der Waals surface area contributed by atoms with E-state index in [1.165, 1.54) is 30.5 Å². The fourth-order valence-electron chi connectivity index (χ4n) is 3.81. The number of carbonyl (C=O) groups excluding carboxylic acids is 1. The van der Waals surface area contributed by atoms with Crippen LogP contribution in [0.3, 0.4) is 0 Å². The number of hydrogen-bond acceptors (Lipinski definition) is 4. The van der Waals surface area contributed by atoms with Gasteiger partial charge in [0.15, 0.2) is 11.6 Å². The number of amides is 2. The van der Waals surface area contributed by atoms with Gasteiger partial charge in [0, 0.05) is 23.4 Å². The second kappa shape index (κ2) is 7.50. The maximum Gasteiger partial charge on any atom is 0.320 e. The fourth-order valence-corrected chi connectivity index (χ4v) is 3.81. The number of pyridine rings is 1. The van der Waals surface area contributed by atoms with Gasteiger partial charge in [0.25, 0.3) is 0 Å². The Morgan fingerprint density at radius 1 is 1.00 bits per heavy atom. The highest BCUT2D eigenvalue weighted by molar-refractivity contribution is 5.89. The summed E-state index contributed by atoms with van der Waals surface area (Å²) in [5.74, 6) is -0.911. The average molecular weight is 427 g/mol. The van der Waals surface area contributed by atoms with E-state index in [2.05, 4.69) is 15.6 Å². The van der Waals surface area contributed by atoms with Gasteiger partial charge in [0.2, 0.25) is 0 Å². The molecule has 2 heterocycles. The summed E-state index contributed by atoms with van der Waals surface area (Å²) in [6, 6.07) is 9.90. The van der Waals surface area contributed by atoms with Crippen molar-refractivity contribution in [3.8, 4) is 17.2 Å². The van der Waals surface area contributed by atoms with Crippen LogP contribution in [0.15, 0.2) is 54.7 Å². The van der Waals surface area contributed by atoms with E-state index in [9.17, 15) is 18.0 Å². The summed E-state index contributed by atoms with van der Waals surface area (Å²) < 4.78 is 51.9. The first-order valence-corrected chi connectivity index (χ1v) is 9.57. The molecule has 0 radical (unpaired) electrons. The minimum absolute atomic E-state index is 0.0793. The van der Waals surface area contributed by atoms with Crippen molar-refractivity contribution in [2.45, 2.75) is 12.0 Å². The van der Waals surface area contributed by atoms with Crippen molar-refractivity contribution in [3.63, 3.8) is 0 Å². The molecule has 1 fully saturated rings. The van der Waals surface area contributed by atoms with Gasteiger partial charge < -0.3 is 14.8 Å². The molecule has 1 aliphatic carbocycles. The molecule has 0 unspecified atom stereocenters. The van der Waals surface area contributed by atoms with E-state index in [-0.39, 0.29) is 47.4 Å². The van der Waals surface area contributed by atoms with Gasteiger partial charge in [0.1, 0.15) is 29.0 Å². The summed E-state index contributed by atoms with van der Waals surface area (Å²) in [5, 5.41) is 5.36. The summed E-state index contributed by atoms with van der Waals surface area (Å²) in [5.41, 5.74) is 0.168. The molecule has 3 atom stereocenters. The molecular formula is C22H16F3N3O3. The van der Waals surface area contributed by atoms with Crippen LogP contribution in [0.2, 0.25) is 0 Å². The molecule has 5 rings (SSSR count). The smallest absolute Gasteiger partial charge is 0.320 e. The molecule has 2 amide bonds. The zero-order chi connectivity index (χ0) is 21.5. The molecule has 9 heteroatoms. The first kappa shape index (κ1) is 19.2. The molecule has 6 nitrogen and oxygen atoms in total. The van der Waals surface area contributed by atoms with Gasteiger partial charge in [-0.1, -0.05) is 0 Å². The normalized spacial score (nSPS) is 20.7. The van der Waals surface area contributed by atoms with Crippen LogP contribution in [0, 0.1) is 23.4 Å². The van der Waals surface area contributed by atoms with Crippen molar-refractivity contribution in [2.75, 3.05) is 11.9 Å². The maximum absolute atomic E-state index is 14.2. The monoisotopic (exact) mass is 427 g/mol. The number of hydrogen-bond donors (Lipinski definition) is 2. The second-order valence-electron chi connectivity index (χ2n) is 7.33. The van der Waals surface area contributed by atoms with E-state index in [4.69, 9.17) is 9.47 Å². The lowest BCUT2D eigenvalue weighted by molar-refractivity contribution is 0.247. The predicted octanol–water partition coefficient (Wildman–Crippen LogP) is 4.59. The largest absolute Gasteiger partial charge is 0.490 e. The maximum atomic E-state index is 14.2. The second-order valence-corrected chi connectivity index (χ2v) is 7.33. The number of nitrogens with one attached hydrogen (secondary N) is 2. The van der Waals surface area contributed by atoms with Crippen molar-refractivity contribution >= 4 is 11.8 Å². The van der Waals surface area contributed by atoms with Crippen LogP contribution in [-0.4, -0.2) is 23.7 Å². The summed E-state index contributed by atoms with van der Waals surface area (Å²) in [4.78, 5) is 16.4. The van der Waals surface area contributed by atoms with Crippen LogP contribution < -0.4 is 20.1 Å². The Morgan fingerprint density at radius 2 is 1.74 bits per heavy atom. The predicted molar refractivity (Wildman–Crippen MR) is 105 cm³/mol. The number of ether oxygens (including phenoxy) is 2. The number of fused-ring (bicyclic) bond motifs is 3. The van der Waals surface area contributed by atoms with Gasteiger partial charge >= 0.3 is 6.03 Å². The van der Waals surface area contributed by atoms with E-state index in [1.54, 1.807) is 12.1 Å². The van der Waals surface area contributed by atoms with Gasteiger partial charge in [-0.2, -0.15) is 0 Å². The molecule has 1 saturated carbocycles. The summed E-state index contributed by atoms with van der Waals surface area (Å²) in [7, 11) is 0. The summed E-state index contributed by atoms with van der Waals surface area (Å²) in [6.07, 6.45) is 1.41. The molecule has 158 valence electrons. The third kappa shape index (κ3) is 3.74. The van der Waals surface area contributed by atoms with Crippen molar-refractivity contribution in [1.82, 2.24) is 10.3 Å². The number of nitrogens with zero attached hydrogens (tertiary/aromatic N) is 1. The van der Waals surface area contributed by atoms with Crippen LogP contribution in [-0.2, 0) is 0 Å². The lowest BCUT2D eigenvalue weighted by Gasteiger charge is -2.16. The Kier molecular flexibility index (Phi) is 4.65. The third-order valence-electron chi connectivity index (χ3n) is 5.34. The fraction of sp³-hybridized carbons (Fsp3) is 0.182. The average Bonchev–Trinajstić information content (AvgIpc) is 3.46. The number of halogens is 3. The minimum atomic E-state index is -0.614. The Morgan fingerprint density at radius 3 is 2.48 bits per heavy atom. The van der Waals surface area contributed by atoms with Gasteiger partial charge in [-0.05, 0) is 48.5 Å². The highest BCUT2D eigenvalue weighted by Gasteiger charge is 2.57. The first-order valence-electron chi connectivity index (χ1n) is 9.57. The minimum Gasteiger partial charge on any atom is -0.490 e. The molecule has 2 aliphatic rings. The topological polar surface area (TPSA) is 72.5 Å². The highest BCUT2D eigenvalue weighted by Crippen LogP contribution is 2.55. The van der Waals surface area contributed by atoms with Crippen LogP contribution in [0.1, 0.15) is 11.5 Å². The number of urea groups is 1. The van der Waals surface area contributed by atoms with Crippen LogP contribution in [0.5, 0.6) is 17.2 Å². The summed E-state index contributed by atoms with van der Waals surface area (Å²) in [6.45, 7) is 0.205. The van der Waals surface area contributed by atoms with Gasteiger partial charge in [-0.25, -0.2) is 22.9 Å². The molecule has 0 spiro atoms. The third-order valence-corrected chi connectivity index (χ3v) is 5.34. The van der Waals surface area contributed by atoms with E-state index in [1.807, 2.05) is 0 Å². The molecule has 0 bridgehead atoms. The molecule has 31 heavy (non-hydrogen) atoms. The van der Waals surface area contributed by atoms with Crippen molar-refractivity contribution in [1.29, 1.82) is 0 Å². The van der Waals surface area contributed by atoms with Gasteiger partial charge in [-0.3, -0.25) is 5.32 Å². The quantitative estimate of drug-likeness (QED) is 0.639. The number of aromatic nitrogens is 1. The van der Waals surface area contributed by atoms with Crippen LogP contribution >= 0.6 is 0 Å². The van der Waals surface area contributed by atoms with Crippen LogP contribution in [0.25, 0.3) is 0 Å². The van der Waals surface area contributed by atoms with Gasteiger partial charge in [-0.15, -0.1) is 0 Å². The van der Waals surface area contributed by atoms with Crippen molar-refractivity contribution in [3.05, 3.63) is 77.7 Å². The molecule has 2 aromatic carbocycles. The Labute approximate surface area is 175 Å². The van der Waals surface area contributed by atoms with Gasteiger partial charge in [0.05, 0.1) is 12.8 Å². The molecular weight excluding hydrogens is 411 g/mol. The van der Waals surface area contributed by atoms with E-state index >= 15 is 0 Å². The SMILES string of the molecule is O=C(Nc1ccc(Oc2ccc(F)cc2)cn1)N[C@@H]1[C@H]2COc3c(F)ccc(F)c3[C@@H]21. The number of anilines is 1. The molecule has 3 aromatic rings. The lowest BCUT2D eigenvalue weighted by Crippen LogP contribution is -2.32. The zero-order valence-corrected chi connectivity index (χ0v) is 15.9. The molecule has 2 N–H and O–H groups in total. The standard InChI is InChI=1S/C22H16F3N3O3/c23-11-1-3-12(4-2-11)31-13-5-8-17(26-9-13)27-22(29)28-20-14-10-30-21-16(25)7-6-15(24)19(21)18(14)20/h1-9,14,18,20H,10H2,(H2,26,27,28,29)/t14-,18+,20+/m0/s1. The molecule has 0 saturated heterocycles. The summed E-state index contributed by atoms with van der Waals surface area (Å²) >= 11 is 0. The Bertz CT molecular complexity index is 1140. The molecule has 1 aromatic heterocycles. The molecule has 1 aliphatic heterocycles. The van der Waals surface area contributed by atoms with Crippen molar-refractivity contribution in [2.24, 2.45) is 5.92 Å².